The van der Waals surface area contributed by atoms with E-state index < -0.39 is 5.97 Å². The van der Waals surface area contributed by atoms with E-state index in [1.165, 1.54) is 6.07 Å². The van der Waals surface area contributed by atoms with Crippen molar-refractivity contribution < 1.29 is 9.90 Å². The van der Waals surface area contributed by atoms with E-state index in [0.717, 1.165) is 31.6 Å². The van der Waals surface area contributed by atoms with Gasteiger partial charge in [0.25, 0.3) is 0 Å². The van der Waals surface area contributed by atoms with Gasteiger partial charge in [-0.1, -0.05) is 13.8 Å². The van der Waals surface area contributed by atoms with Crippen molar-refractivity contribution in [3.05, 3.63) is 29.3 Å². The summed E-state index contributed by atoms with van der Waals surface area (Å²) in [6.07, 6.45) is 2.16. The number of carboxylic acid groups (broad SMARTS) is 1. The molecular formula is C15H18N2O2. The second-order valence-electron chi connectivity index (χ2n) is 5.80. The minimum atomic E-state index is -0.997. The second-order valence-corrected chi connectivity index (χ2v) is 5.80. The normalized spacial score (nSPS) is 17.8. The lowest BCUT2D eigenvalue weighted by Crippen LogP contribution is -2.37. The van der Waals surface area contributed by atoms with Crippen molar-refractivity contribution in [1.82, 2.24) is 0 Å². The van der Waals surface area contributed by atoms with Gasteiger partial charge in [-0.2, -0.15) is 5.26 Å². The summed E-state index contributed by atoms with van der Waals surface area (Å²) in [7, 11) is 0. The zero-order valence-electron chi connectivity index (χ0n) is 11.3. The zero-order chi connectivity index (χ0) is 14.0. The number of carbonyl (C=O) groups is 1. The van der Waals surface area contributed by atoms with Crippen LogP contribution in [0.4, 0.5) is 5.69 Å². The summed E-state index contributed by atoms with van der Waals surface area (Å²) >= 11 is 0. The standard InChI is InChI=1S/C15H18N2O2/c1-15(2)5-7-17(8-6-15)13-4-3-11(14(18)19)9-12(13)10-16/h3-4,9H,5-8H2,1-2H3,(H,18,19). The van der Waals surface area contributed by atoms with Crippen LogP contribution in [0, 0.1) is 16.7 Å². The molecule has 2 rings (SSSR count). The number of piperidine rings is 1. The molecule has 100 valence electrons. The van der Waals surface area contributed by atoms with Gasteiger partial charge in [0.2, 0.25) is 0 Å². The number of hydrogen-bond donors (Lipinski definition) is 1. The van der Waals surface area contributed by atoms with Crippen LogP contribution in [0.2, 0.25) is 0 Å². The number of anilines is 1. The second kappa shape index (κ2) is 4.93. The van der Waals surface area contributed by atoms with Crippen molar-refractivity contribution in [1.29, 1.82) is 5.26 Å². The smallest absolute Gasteiger partial charge is 0.335 e. The number of rotatable bonds is 2. The Morgan fingerprint density at radius 1 is 1.37 bits per heavy atom. The molecule has 0 radical (unpaired) electrons. The maximum absolute atomic E-state index is 10.9. The first-order chi connectivity index (χ1) is 8.93. The van der Waals surface area contributed by atoms with E-state index in [-0.39, 0.29) is 5.56 Å². The van der Waals surface area contributed by atoms with Crippen LogP contribution in [0.25, 0.3) is 0 Å². The van der Waals surface area contributed by atoms with E-state index >= 15 is 0 Å². The Hall–Kier alpha value is -2.02. The molecule has 1 aliphatic rings. The van der Waals surface area contributed by atoms with E-state index in [2.05, 4.69) is 24.8 Å². The first-order valence-electron chi connectivity index (χ1n) is 6.45. The van der Waals surface area contributed by atoms with Crippen LogP contribution >= 0.6 is 0 Å². The average molecular weight is 258 g/mol. The third kappa shape index (κ3) is 2.87. The molecule has 0 saturated carbocycles. The van der Waals surface area contributed by atoms with Crippen molar-refractivity contribution in [2.24, 2.45) is 5.41 Å². The summed E-state index contributed by atoms with van der Waals surface area (Å²) in [6, 6.07) is 6.88. The molecule has 1 saturated heterocycles. The highest BCUT2D eigenvalue weighted by atomic mass is 16.4. The third-order valence-electron chi connectivity index (χ3n) is 3.82. The van der Waals surface area contributed by atoms with Crippen molar-refractivity contribution in [2.75, 3.05) is 18.0 Å². The molecule has 1 aliphatic heterocycles. The summed E-state index contributed by atoms with van der Waals surface area (Å²) in [5, 5.41) is 18.1. The summed E-state index contributed by atoms with van der Waals surface area (Å²) < 4.78 is 0. The lowest BCUT2D eigenvalue weighted by Gasteiger charge is -2.38. The van der Waals surface area contributed by atoms with E-state index in [4.69, 9.17) is 5.11 Å². The molecule has 0 aromatic heterocycles. The van der Waals surface area contributed by atoms with E-state index in [1.807, 2.05) is 0 Å². The number of benzene rings is 1. The number of aromatic carboxylic acids is 1. The van der Waals surface area contributed by atoms with Crippen LogP contribution in [-0.4, -0.2) is 24.2 Å². The molecule has 0 amide bonds. The highest BCUT2D eigenvalue weighted by Gasteiger charge is 2.26. The molecule has 0 unspecified atom stereocenters. The Bertz CT molecular complexity index is 534. The van der Waals surface area contributed by atoms with Crippen LogP contribution in [0.5, 0.6) is 0 Å². The maximum Gasteiger partial charge on any atom is 0.335 e. The van der Waals surface area contributed by atoms with Crippen LogP contribution in [0.3, 0.4) is 0 Å². The summed E-state index contributed by atoms with van der Waals surface area (Å²) in [5.41, 5.74) is 1.81. The molecule has 0 atom stereocenters. The molecule has 4 nitrogen and oxygen atoms in total. The molecule has 0 bridgehead atoms. The highest BCUT2D eigenvalue weighted by Crippen LogP contribution is 2.33. The van der Waals surface area contributed by atoms with Gasteiger partial charge < -0.3 is 10.0 Å². The van der Waals surface area contributed by atoms with Gasteiger partial charge in [-0.05, 0) is 36.5 Å². The molecule has 4 heteroatoms. The maximum atomic E-state index is 10.9. The van der Waals surface area contributed by atoms with Crippen LogP contribution in [0.15, 0.2) is 18.2 Å². The minimum absolute atomic E-state index is 0.164. The first kappa shape index (κ1) is 13.4. The van der Waals surface area contributed by atoms with Gasteiger partial charge in [-0.15, -0.1) is 0 Å². The molecule has 19 heavy (non-hydrogen) atoms. The summed E-state index contributed by atoms with van der Waals surface area (Å²) in [5.74, 6) is -0.997. The van der Waals surface area contributed by atoms with Gasteiger partial charge in [0.1, 0.15) is 6.07 Å². The Labute approximate surface area is 113 Å². The van der Waals surface area contributed by atoms with E-state index in [1.54, 1.807) is 12.1 Å². The molecular weight excluding hydrogens is 240 g/mol. The molecule has 0 spiro atoms. The lowest BCUT2D eigenvalue weighted by molar-refractivity contribution is 0.0697. The molecule has 1 N–H and O–H groups in total. The molecule has 1 fully saturated rings. The van der Waals surface area contributed by atoms with Crippen molar-refractivity contribution in [2.45, 2.75) is 26.7 Å². The monoisotopic (exact) mass is 258 g/mol. The average Bonchev–Trinajstić information content (AvgIpc) is 2.38. The molecule has 1 aromatic rings. The number of nitrogens with zero attached hydrogens (tertiary/aromatic N) is 2. The van der Waals surface area contributed by atoms with Gasteiger partial charge in [0.05, 0.1) is 16.8 Å². The number of nitriles is 1. The zero-order valence-corrected chi connectivity index (χ0v) is 11.3. The fourth-order valence-electron chi connectivity index (χ4n) is 2.39. The third-order valence-corrected chi connectivity index (χ3v) is 3.82. The summed E-state index contributed by atoms with van der Waals surface area (Å²) in [6.45, 7) is 6.33. The topological polar surface area (TPSA) is 64.3 Å². The Balaban J connectivity index is 2.26. The minimum Gasteiger partial charge on any atom is -0.478 e. The Kier molecular flexibility index (Phi) is 3.48. The number of hydrogen-bond acceptors (Lipinski definition) is 3. The van der Waals surface area contributed by atoms with E-state index in [9.17, 15) is 10.1 Å². The van der Waals surface area contributed by atoms with Crippen LogP contribution in [-0.2, 0) is 0 Å². The quantitative estimate of drug-likeness (QED) is 0.885. The largest absolute Gasteiger partial charge is 0.478 e. The molecule has 1 heterocycles. The van der Waals surface area contributed by atoms with Crippen LogP contribution in [0.1, 0.15) is 42.6 Å². The Morgan fingerprint density at radius 3 is 2.53 bits per heavy atom. The molecule has 1 aromatic carbocycles. The van der Waals surface area contributed by atoms with Gasteiger partial charge in [0, 0.05) is 13.1 Å². The van der Waals surface area contributed by atoms with Gasteiger partial charge in [-0.25, -0.2) is 4.79 Å². The van der Waals surface area contributed by atoms with Gasteiger partial charge in [-0.3, -0.25) is 0 Å². The van der Waals surface area contributed by atoms with Crippen molar-refractivity contribution in [3.63, 3.8) is 0 Å². The predicted molar refractivity (Wildman–Crippen MR) is 73.3 cm³/mol. The SMILES string of the molecule is CC1(C)CCN(c2ccc(C(=O)O)cc2C#N)CC1. The lowest BCUT2D eigenvalue weighted by atomic mass is 9.82. The fourth-order valence-corrected chi connectivity index (χ4v) is 2.39. The van der Waals surface area contributed by atoms with E-state index in [0.29, 0.717) is 11.0 Å². The molecule has 0 aliphatic carbocycles. The fraction of sp³-hybridized carbons (Fsp3) is 0.467. The van der Waals surface area contributed by atoms with Crippen LogP contribution < -0.4 is 4.90 Å². The van der Waals surface area contributed by atoms with Crippen molar-refractivity contribution in [3.8, 4) is 6.07 Å². The van der Waals surface area contributed by atoms with Gasteiger partial charge in [0.15, 0.2) is 0 Å². The highest BCUT2D eigenvalue weighted by molar-refractivity contribution is 5.89. The number of carboxylic acids is 1. The predicted octanol–water partition coefficient (Wildman–Crippen LogP) is 2.88. The van der Waals surface area contributed by atoms with Crippen molar-refractivity contribution >= 4 is 11.7 Å². The Morgan fingerprint density at radius 2 is 2.00 bits per heavy atom. The summed E-state index contributed by atoms with van der Waals surface area (Å²) in [4.78, 5) is 13.1. The van der Waals surface area contributed by atoms with Gasteiger partial charge >= 0.3 is 5.97 Å². The first-order valence-corrected chi connectivity index (χ1v) is 6.45.